The second kappa shape index (κ2) is 4.24. The van der Waals surface area contributed by atoms with Crippen LogP contribution in [0.25, 0.3) is 11.3 Å². The number of benzene rings is 1. The van der Waals surface area contributed by atoms with E-state index >= 15 is 0 Å². The number of amides is 1. The number of aliphatic carboxylic acids is 1. The Labute approximate surface area is 108 Å². The van der Waals surface area contributed by atoms with Crippen LogP contribution in [0.15, 0.2) is 24.3 Å². The monoisotopic (exact) mass is 257 g/mol. The van der Waals surface area contributed by atoms with Crippen LogP contribution in [0.3, 0.4) is 0 Å². The normalized spacial score (nSPS) is 13.2. The van der Waals surface area contributed by atoms with Gasteiger partial charge >= 0.3 is 5.97 Å². The molecule has 3 rings (SSSR count). The van der Waals surface area contributed by atoms with Gasteiger partial charge in [-0.15, -0.1) is 0 Å². The number of carbonyl (C=O) groups excluding carboxylic acids is 1. The van der Waals surface area contributed by atoms with Crippen LogP contribution in [-0.4, -0.2) is 27.2 Å². The summed E-state index contributed by atoms with van der Waals surface area (Å²) in [6.45, 7) is 0. The van der Waals surface area contributed by atoms with Gasteiger partial charge in [-0.05, 0) is 23.8 Å². The second-order valence-electron chi connectivity index (χ2n) is 4.45. The molecule has 0 unspecified atom stereocenters. The number of carboxylic acids is 1. The van der Waals surface area contributed by atoms with Gasteiger partial charge < -0.3 is 10.4 Å². The Morgan fingerprint density at radius 3 is 3.00 bits per heavy atom. The topological polar surface area (TPSA) is 95.1 Å². The number of aromatic amines is 1. The van der Waals surface area contributed by atoms with Gasteiger partial charge in [-0.25, -0.2) is 0 Å². The zero-order chi connectivity index (χ0) is 13.4. The highest BCUT2D eigenvalue weighted by atomic mass is 16.4. The van der Waals surface area contributed by atoms with Crippen molar-refractivity contribution >= 4 is 17.6 Å². The second-order valence-corrected chi connectivity index (χ2v) is 4.45. The molecule has 1 aliphatic heterocycles. The molecular formula is C13H11N3O3. The van der Waals surface area contributed by atoms with Gasteiger partial charge in [0, 0.05) is 16.9 Å². The highest BCUT2D eigenvalue weighted by molar-refractivity contribution is 5.99. The van der Waals surface area contributed by atoms with Gasteiger partial charge in [0.05, 0.1) is 18.5 Å². The number of fused-ring (bicyclic) bond motifs is 1. The van der Waals surface area contributed by atoms with Crippen molar-refractivity contribution in [3.8, 4) is 11.3 Å². The van der Waals surface area contributed by atoms with Gasteiger partial charge in [-0.3, -0.25) is 14.7 Å². The molecule has 0 spiro atoms. The molecule has 6 heteroatoms. The van der Waals surface area contributed by atoms with E-state index in [2.05, 4.69) is 15.5 Å². The molecular weight excluding hydrogens is 246 g/mol. The van der Waals surface area contributed by atoms with Crippen molar-refractivity contribution in [3.05, 3.63) is 35.5 Å². The zero-order valence-corrected chi connectivity index (χ0v) is 9.93. The maximum absolute atomic E-state index is 11.3. The number of anilines is 1. The Bertz CT molecular complexity index is 676. The lowest BCUT2D eigenvalue weighted by Crippen LogP contribution is -2.03. The molecule has 0 saturated carbocycles. The maximum atomic E-state index is 11.3. The molecule has 96 valence electrons. The first-order valence-electron chi connectivity index (χ1n) is 5.81. The lowest BCUT2D eigenvalue weighted by Gasteiger charge is -2.00. The van der Waals surface area contributed by atoms with E-state index in [-0.39, 0.29) is 12.3 Å². The van der Waals surface area contributed by atoms with E-state index in [0.717, 1.165) is 16.8 Å². The molecule has 0 saturated heterocycles. The lowest BCUT2D eigenvalue weighted by atomic mass is 10.1. The molecule has 0 fully saturated rings. The summed E-state index contributed by atoms with van der Waals surface area (Å²) in [4.78, 5) is 21.9. The number of rotatable bonds is 3. The van der Waals surface area contributed by atoms with E-state index in [9.17, 15) is 9.59 Å². The number of nitrogens with one attached hydrogen (secondary N) is 2. The van der Waals surface area contributed by atoms with Crippen molar-refractivity contribution < 1.29 is 14.7 Å². The molecule has 1 aromatic heterocycles. The van der Waals surface area contributed by atoms with Crippen LogP contribution in [0.2, 0.25) is 0 Å². The fraction of sp³-hybridized carbons (Fsp3) is 0.154. The van der Waals surface area contributed by atoms with Crippen LogP contribution in [0.5, 0.6) is 0 Å². The summed E-state index contributed by atoms with van der Waals surface area (Å²) in [6.07, 6.45) is 0.285. The summed E-state index contributed by atoms with van der Waals surface area (Å²) in [5.74, 6) is -0.917. The highest BCUT2D eigenvalue weighted by Crippen LogP contribution is 2.28. The number of hydrogen-bond acceptors (Lipinski definition) is 3. The third-order valence-electron chi connectivity index (χ3n) is 3.00. The van der Waals surface area contributed by atoms with Crippen molar-refractivity contribution in [2.24, 2.45) is 0 Å². The standard InChI is InChI=1S/C13H11N3O3/c17-12-4-8-3-7(1-2-10(8)14-12)11-5-9(15-16-11)6-13(18)19/h1-3,5H,4,6H2,(H,14,17)(H,15,16)(H,18,19). The Morgan fingerprint density at radius 1 is 1.37 bits per heavy atom. The third kappa shape index (κ3) is 2.20. The van der Waals surface area contributed by atoms with E-state index in [1.807, 2.05) is 18.2 Å². The van der Waals surface area contributed by atoms with Gasteiger partial charge in [0.15, 0.2) is 0 Å². The van der Waals surface area contributed by atoms with E-state index in [1.165, 1.54) is 0 Å². The van der Waals surface area contributed by atoms with Gasteiger partial charge in [0.2, 0.25) is 5.91 Å². The van der Waals surface area contributed by atoms with Crippen LogP contribution in [-0.2, 0) is 22.4 Å². The number of carbonyl (C=O) groups is 2. The molecule has 1 aromatic carbocycles. The quantitative estimate of drug-likeness (QED) is 0.769. The number of H-pyrrole nitrogens is 1. The molecule has 3 N–H and O–H groups in total. The van der Waals surface area contributed by atoms with Crippen molar-refractivity contribution in [1.82, 2.24) is 10.2 Å². The largest absolute Gasteiger partial charge is 0.481 e. The Balaban J connectivity index is 1.90. The van der Waals surface area contributed by atoms with Crippen LogP contribution >= 0.6 is 0 Å². The molecule has 1 aliphatic rings. The van der Waals surface area contributed by atoms with Crippen molar-refractivity contribution in [1.29, 1.82) is 0 Å². The van der Waals surface area contributed by atoms with Gasteiger partial charge in [-0.2, -0.15) is 5.10 Å². The summed E-state index contributed by atoms with van der Waals surface area (Å²) >= 11 is 0. The minimum absolute atomic E-state index is 0.0132. The predicted molar refractivity (Wildman–Crippen MR) is 67.7 cm³/mol. The summed E-state index contributed by atoms with van der Waals surface area (Å²) in [6, 6.07) is 7.29. The number of carboxylic acid groups (broad SMARTS) is 1. The summed E-state index contributed by atoms with van der Waals surface area (Å²) in [7, 11) is 0. The minimum atomic E-state index is -0.904. The van der Waals surface area contributed by atoms with Crippen LogP contribution in [0.4, 0.5) is 5.69 Å². The van der Waals surface area contributed by atoms with Crippen LogP contribution in [0.1, 0.15) is 11.3 Å². The first-order valence-corrected chi connectivity index (χ1v) is 5.81. The molecule has 2 aromatic rings. The third-order valence-corrected chi connectivity index (χ3v) is 3.00. The fourth-order valence-electron chi connectivity index (χ4n) is 2.15. The van der Waals surface area contributed by atoms with Crippen molar-refractivity contribution in [2.45, 2.75) is 12.8 Å². The molecule has 0 aliphatic carbocycles. The molecule has 2 heterocycles. The summed E-state index contributed by atoms with van der Waals surface area (Å²) < 4.78 is 0. The van der Waals surface area contributed by atoms with Gasteiger partial charge in [0.1, 0.15) is 0 Å². The molecule has 6 nitrogen and oxygen atoms in total. The van der Waals surface area contributed by atoms with Gasteiger partial charge in [-0.1, -0.05) is 6.07 Å². The summed E-state index contributed by atoms with van der Waals surface area (Å²) in [5, 5.41) is 18.3. The van der Waals surface area contributed by atoms with Crippen molar-refractivity contribution in [2.75, 3.05) is 5.32 Å². The van der Waals surface area contributed by atoms with E-state index in [1.54, 1.807) is 6.07 Å². The average molecular weight is 257 g/mol. The fourth-order valence-corrected chi connectivity index (χ4v) is 2.15. The van der Waals surface area contributed by atoms with Crippen LogP contribution < -0.4 is 5.32 Å². The lowest BCUT2D eigenvalue weighted by molar-refractivity contribution is -0.136. The first kappa shape index (κ1) is 11.5. The van der Waals surface area contributed by atoms with Gasteiger partial charge in [0.25, 0.3) is 0 Å². The Hall–Kier alpha value is -2.63. The average Bonchev–Trinajstić information content (AvgIpc) is 2.92. The number of nitrogens with zero attached hydrogens (tertiary/aromatic N) is 1. The molecule has 0 atom stereocenters. The molecule has 1 amide bonds. The predicted octanol–water partition coefficient (Wildman–Crippen LogP) is 1.20. The molecule has 19 heavy (non-hydrogen) atoms. The highest BCUT2D eigenvalue weighted by Gasteiger charge is 2.18. The maximum Gasteiger partial charge on any atom is 0.309 e. The Kier molecular flexibility index (Phi) is 2.56. The summed E-state index contributed by atoms with van der Waals surface area (Å²) in [5.41, 5.74) is 3.86. The minimum Gasteiger partial charge on any atom is -0.481 e. The van der Waals surface area contributed by atoms with Crippen LogP contribution in [0, 0.1) is 0 Å². The SMILES string of the molecule is O=C(O)Cc1cc(-c2ccc3c(c2)CC(=O)N3)n[nH]1. The number of hydrogen-bond donors (Lipinski definition) is 3. The molecule has 0 radical (unpaired) electrons. The van der Waals surface area contributed by atoms with E-state index < -0.39 is 5.97 Å². The van der Waals surface area contributed by atoms with Crippen molar-refractivity contribution in [3.63, 3.8) is 0 Å². The van der Waals surface area contributed by atoms with E-state index in [4.69, 9.17) is 5.11 Å². The smallest absolute Gasteiger partial charge is 0.309 e. The Morgan fingerprint density at radius 2 is 2.21 bits per heavy atom. The number of aromatic nitrogens is 2. The molecule has 0 bridgehead atoms. The first-order chi connectivity index (χ1) is 9.11. The zero-order valence-electron chi connectivity index (χ0n) is 9.93. The van der Waals surface area contributed by atoms with E-state index in [0.29, 0.717) is 17.8 Å².